The second-order valence-electron chi connectivity index (χ2n) is 9.33. The largest absolute Gasteiger partial charge is 0.383 e. The molecule has 0 aromatic heterocycles. The first-order chi connectivity index (χ1) is 15.6. The predicted molar refractivity (Wildman–Crippen MR) is 127 cm³/mol. The van der Waals surface area contributed by atoms with Gasteiger partial charge in [-0.2, -0.15) is 0 Å². The zero-order valence-electron chi connectivity index (χ0n) is 20.1. The van der Waals surface area contributed by atoms with Crippen LogP contribution >= 0.6 is 0 Å². The molecule has 3 unspecified atom stereocenters. The number of rotatable bonds is 7. The SMILES string of the molecule is CCC(NC)C(=O)NCC1CCCC2CC[C@@H](COC)N2C1=O.c1ccc2c(c1)CCC2. The van der Waals surface area contributed by atoms with Gasteiger partial charge in [-0.3, -0.25) is 9.59 Å². The fourth-order valence-corrected chi connectivity index (χ4v) is 5.47. The molecule has 2 N–H and O–H groups in total. The van der Waals surface area contributed by atoms with E-state index < -0.39 is 0 Å². The first kappa shape index (κ1) is 24.7. The Labute approximate surface area is 193 Å². The van der Waals surface area contributed by atoms with Gasteiger partial charge in [0.1, 0.15) is 0 Å². The molecule has 0 saturated carbocycles. The summed E-state index contributed by atoms with van der Waals surface area (Å²) < 4.78 is 5.29. The van der Waals surface area contributed by atoms with E-state index in [0.717, 1.165) is 38.5 Å². The number of methoxy groups -OCH3 is 1. The molecule has 0 bridgehead atoms. The molecule has 3 aliphatic rings. The first-order valence-corrected chi connectivity index (χ1v) is 12.4. The predicted octanol–water partition coefficient (Wildman–Crippen LogP) is 3.08. The van der Waals surface area contributed by atoms with E-state index in [1.165, 1.54) is 19.3 Å². The van der Waals surface area contributed by atoms with Gasteiger partial charge in [-0.15, -0.1) is 0 Å². The number of benzene rings is 1. The Morgan fingerprint density at radius 1 is 1.12 bits per heavy atom. The summed E-state index contributed by atoms with van der Waals surface area (Å²) in [5.74, 6) is 0.0825. The maximum atomic E-state index is 12.9. The second-order valence-corrected chi connectivity index (χ2v) is 9.33. The zero-order chi connectivity index (χ0) is 22.9. The Bertz CT molecular complexity index is 727. The van der Waals surface area contributed by atoms with Crippen molar-refractivity contribution in [2.24, 2.45) is 5.92 Å². The zero-order valence-corrected chi connectivity index (χ0v) is 20.1. The van der Waals surface area contributed by atoms with Crippen LogP contribution in [0.25, 0.3) is 0 Å². The standard InChI is InChI=1S/C17H31N3O3.C9H10/c1-4-15(18-2)16(21)19-10-12-6-5-7-13-8-9-14(11-23-3)20(13)17(12)22;1-2-5-9-7-3-6-8(9)4-1/h12-15,18H,4-11H2,1-3H3,(H,19,21);1-2,4-5H,3,6-7H2/t12?,13?,14-,15?;/m0./s1. The number of nitrogens with one attached hydrogen (secondary N) is 2. The van der Waals surface area contributed by atoms with Gasteiger partial charge < -0.3 is 20.3 Å². The molecule has 4 rings (SSSR count). The molecule has 1 aliphatic carbocycles. The highest BCUT2D eigenvalue weighted by atomic mass is 16.5. The molecule has 6 heteroatoms. The molecular weight excluding hydrogens is 402 g/mol. The normalized spacial score (nSPS) is 25.3. The number of aryl methyl sites for hydroxylation is 2. The fourth-order valence-electron chi connectivity index (χ4n) is 5.47. The lowest BCUT2D eigenvalue weighted by molar-refractivity contribution is -0.138. The molecular formula is C26H41N3O3. The van der Waals surface area contributed by atoms with Crippen LogP contribution in [-0.4, -0.2) is 62.1 Å². The van der Waals surface area contributed by atoms with Crippen molar-refractivity contribution in [3.63, 3.8) is 0 Å². The van der Waals surface area contributed by atoms with E-state index in [1.807, 2.05) is 6.92 Å². The molecule has 2 saturated heterocycles. The van der Waals surface area contributed by atoms with Gasteiger partial charge in [0.25, 0.3) is 0 Å². The van der Waals surface area contributed by atoms with Crippen molar-refractivity contribution >= 4 is 11.8 Å². The van der Waals surface area contributed by atoms with Crippen molar-refractivity contribution in [1.29, 1.82) is 0 Å². The summed E-state index contributed by atoms with van der Waals surface area (Å²) in [6.45, 7) is 3.03. The summed E-state index contributed by atoms with van der Waals surface area (Å²) in [5.41, 5.74) is 3.13. The minimum absolute atomic E-state index is 0.0153. The van der Waals surface area contributed by atoms with Crippen molar-refractivity contribution < 1.29 is 14.3 Å². The third kappa shape index (κ3) is 6.10. The molecule has 2 heterocycles. The number of hydrogen-bond donors (Lipinski definition) is 2. The third-order valence-electron chi connectivity index (χ3n) is 7.28. The summed E-state index contributed by atoms with van der Waals surface area (Å²) in [6, 6.07) is 9.12. The van der Waals surface area contributed by atoms with Gasteiger partial charge in [-0.25, -0.2) is 0 Å². The van der Waals surface area contributed by atoms with Crippen molar-refractivity contribution in [3.8, 4) is 0 Å². The second kappa shape index (κ2) is 12.4. The average molecular weight is 444 g/mol. The maximum absolute atomic E-state index is 12.9. The molecule has 2 aliphatic heterocycles. The Hall–Kier alpha value is -1.92. The molecule has 0 spiro atoms. The first-order valence-electron chi connectivity index (χ1n) is 12.4. The highest BCUT2D eigenvalue weighted by Gasteiger charge is 2.41. The number of ether oxygens (including phenoxy) is 1. The van der Waals surface area contributed by atoms with Crippen LogP contribution in [0.2, 0.25) is 0 Å². The smallest absolute Gasteiger partial charge is 0.237 e. The molecule has 4 atom stereocenters. The summed E-state index contributed by atoms with van der Waals surface area (Å²) >= 11 is 0. The Morgan fingerprint density at radius 3 is 2.47 bits per heavy atom. The van der Waals surface area contributed by atoms with E-state index in [1.54, 1.807) is 25.3 Å². The lowest BCUT2D eigenvalue weighted by Crippen LogP contribution is -2.49. The van der Waals surface area contributed by atoms with E-state index >= 15 is 0 Å². The summed E-state index contributed by atoms with van der Waals surface area (Å²) in [4.78, 5) is 27.1. The summed E-state index contributed by atoms with van der Waals surface area (Å²) in [7, 11) is 3.48. The number of hydrogen-bond acceptors (Lipinski definition) is 4. The Kier molecular flexibility index (Phi) is 9.54. The Balaban J connectivity index is 0.000000264. The quantitative estimate of drug-likeness (QED) is 0.679. The van der Waals surface area contributed by atoms with Crippen molar-refractivity contribution in [2.45, 2.75) is 82.8 Å². The van der Waals surface area contributed by atoms with Crippen molar-refractivity contribution in [3.05, 3.63) is 35.4 Å². The molecule has 6 nitrogen and oxygen atoms in total. The maximum Gasteiger partial charge on any atom is 0.237 e. The van der Waals surface area contributed by atoms with Crippen LogP contribution in [0.1, 0.15) is 63.0 Å². The fraction of sp³-hybridized carbons (Fsp3) is 0.692. The van der Waals surface area contributed by atoms with E-state index in [4.69, 9.17) is 4.74 Å². The van der Waals surface area contributed by atoms with Gasteiger partial charge in [0.15, 0.2) is 0 Å². The number of carbonyl (C=O) groups is 2. The topological polar surface area (TPSA) is 70.7 Å². The van der Waals surface area contributed by atoms with E-state index in [9.17, 15) is 9.59 Å². The monoisotopic (exact) mass is 443 g/mol. The number of fused-ring (bicyclic) bond motifs is 2. The van der Waals surface area contributed by atoms with Gasteiger partial charge >= 0.3 is 0 Å². The van der Waals surface area contributed by atoms with Crippen LogP contribution in [0, 0.1) is 5.92 Å². The highest BCUT2D eigenvalue weighted by molar-refractivity contribution is 5.84. The molecule has 1 aromatic carbocycles. The van der Waals surface area contributed by atoms with E-state index in [2.05, 4.69) is 39.8 Å². The summed E-state index contributed by atoms with van der Waals surface area (Å²) in [6.07, 6.45) is 9.80. The lowest BCUT2D eigenvalue weighted by Gasteiger charge is -2.31. The van der Waals surface area contributed by atoms with Crippen LogP contribution in [0.3, 0.4) is 0 Å². The van der Waals surface area contributed by atoms with Gasteiger partial charge in [0.2, 0.25) is 11.8 Å². The number of amides is 2. The van der Waals surface area contributed by atoms with Crippen LogP contribution in [0.4, 0.5) is 0 Å². The minimum atomic E-state index is -0.184. The summed E-state index contributed by atoms with van der Waals surface area (Å²) in [5, 5.41) is 5.96. The number of nitrogens with zero attached hydrogens (tertiary/aromatic N) is 1. The number of likely N-dealkylation sites (N-methyl/N-ethyl adjacent to an activating group) is 1. The molecule has 32 heavy (non-hydrogen) atoms. The number of carbonyl (C=O) groups excluding carboxylic acids is 2. The van der Waals surface area contributed by atoms with Crippen molar-refractivity contribution in [2.75, 3.05) is 27.3 Å². The van der Waals surface area contributed by atoms with Crippen LogP contribution in [0.15, 0.2) is 24.3 Å². The van der Waals surface area contributed by atoms with E-state index in [-0.39, 0.29) is 29.8 Å². The van der Waals surface area contributed by atoms with Gasteiger partial charge in [-0.1, -0.05) is 37.6 Å². The van der Waals surface area contributed by atoms with Gasteiger partial charge in [-0.05, 0) is 69.5 Å². The molecule has 2 fully saturated rings. The molecule has 178 valence electrons. The highest BCUT2D eigenvalue weighted by Crippen LogP contribution is 2.33. The van der Waals surface area contributed by atoms with Gasteiger partial charge in [0.05, 0.1) is 24.6 Å². The minimum Gasteiger partial charge on any atom is -0.383 e. The average Bonchev–Trinajstić information content (AvgIpc) is 3.40. The molecule has 0 radical (unpaired) electrons. The third-order valence-corrected chi connectivity index (χ3v) is 7.28. The van der Waals surface area contributed by atoms with E-state index in [0.29, 0.717) is 19.2 Å². The van der Waals surface area contributed by atoms with Gasteiger partial charge in [0, 0.05) is 19.7 Å². The van der Waals surface area contributed by atoms with Crippen LogP contribution < -0.4 is 10.6 Å². The molecule has 1 aromatic rings. The van der Waals surface area contributed by atoms with Crippen molar-refractivity contribution in [1.82, 2.24) is 15.5 Å². The van der Waals surface area contributed by atoms with Crippen LogP contribution in [0.5, 0.6) is 0 Å². The van der Waals surface area contributed by atoms with Crippen LogP contribution in [-0.2, 0) is 27.2 Å². The molecule has 2 amide bonds. The lowest BCUT2D eigenvalue weighted by atomic mass is 10.0. The Morgan fingerprint density at radius 2 is 1.84 bits per heavy atom.